The third kappa shape index (κ3) is 4.17. The van der Waals surface area contributed by atoms with Gasteiger partial charge in [0, 0.05) is 11.8 Å². The van der Waals surface area contributed by atoms with E-state index in [4.69, 9.17) is 9.47 Å². The van der Waals surface area contributed by atoms with E-state index in [1.165, 1.54) is 0 Å². The van der Waals surface area contributed by atoms with Gasteiger partial charge in [-0.05, 0) is 25.5 Å². The average Bonchev–Trinajstić information content (AvgIpc) is 2.46. The van der Waals surface area contributed by atoms with E-state index in [2.05, 4.69) is 4.98 Å². The van der Waals surface area contributed by atoms with Crippen molar-refractivity contribution in [2.24, 2.45) is 0 Å². The Kier molecular flexibility index (Phi) is 4.85. The third-order valence-electron chi connectivity index (χ3n) is 2.74. The molecular formula is C16H17NO3. The van der Waals surface area contributed by atoms with Crippen molar-refractivity contribution in [3.05, 3.63) is 59.8 Å². The van der Waals surface area contributed by atoms with E-state index in [-0.39, 0.29) is 0 Å². The molecule has 0 unspecified atom stereocenters. The number of pyridine rings is 1. The molecule has 4 heteroatoms. The highest BCUT2D eigenvalue weighted by molar-refractivity contribution is 5.76. The van der Waals surface area contributed by atoms with Gasteiger partial charge in [0.15, 0.2) is 6.10 Å². The molecule has 104 valence electrons. The first kappa shape index (κ1) is 14.2. The van der Waals surface area contributed by atoms with Crippen molar-refractivity contribution in [3.63, 3.8) is 0 Å². The van der Waals surface area contributed by atoms with Crippen molar-refractivity contribution >= 4 is 5.97 Å². The SMILES string of the molecule is Cc1cccc(OC(=O)[C@@H](C)OCc2ccccc2)n1. The fourth-order valence-corrected chi connectivity index (χ4v) is 1.62. The lowest BCUT2D eigenvalue weighted by Gasteiger charge is -2.12. The second-order valence-corrected chi connectivity index (χ2v) is 4.48. The van der Waals surface area contributed by atoms with Crippen molar-refractivity contribution in [1.82, 2.24) is 4.98 Å². The topological polar surface area (TPSA) is 48.4 Å². The fraction of sp³-hybridized carbons (Fsp3) is 0.250. The van der Waals surface area contributed by atoms with Crippen LogP contribution >= 0.6 is 0 Å². The lowest BCUT2D eigenvalue weighted by molar-refractivity contribution is -0.147. The Labute approximate surface area is 118 Å². The number of hydrogen-bond acceptors (Lipinski definition) is 4. The van der Waals surface area contributed by atoms with E-state index >= 15 is 0 Å². The van der Waals surface area contributed by atoms with Crippen LogP contribution in [0.4, 0.5) is 0 Å². The van der Waals surface area contributed by atoms with Crippen molar-refractivity contribution in [2.75, 3.05) is 0 Å². The molecule has 0 spiro atoms. The summed E-state index contributed by atoms with van der Waals surface area (Å²) >= 11 is 0. The summed E-state index contributed by atoms with van der Waals surface area (Å²) in [4.78, 5) is 16.0. The summed E-state index contributed by atoms with van der Waals surface area (Å²) in [5, 5.41) is 0. The smallest absolute Gasteiger partial charge is 0.341 e. The molecule has 0 aliphatic carbocycles. The first-order valence-corrected chi connectivity index (χ1v) is 6.46. The van der Waals surface area contributed by atoms with Crippen LogP contribution in [0.5, 0.6) is 5.88 Å². The Balaban J connectivity index is 1.86. The van der Waals surface area contributed by atoms with Gasteiger partial charge in [-0.1, -0.05) is 36.4 Å². The summed E-state index contributed by atoms with van der Waals surface area (Å²) in [7, 11) is 0. The number of benzene rings is 1. The molecule has 0 N–H and O–H groups in total. The number of hydrogen-bond donors (Lipinski definition) is 0. The van der Waals surface area contributed by atoms with Gasteiger partial charge in [0.05, 0.1) is 6.61 Å². The van der Waals surface area contributed by atoms with Gasteiger partial charge < -0.3 is 9.47 Å². The molecule has 2 rings (SSSR count). The molecule has 0 saturated carbocycles. The molecule has 20 heavy (non-hydrogen) atoms. The molecule has 0 aliphatic heterocycles. The Morgan fingerprint density at radius 3 is 2.60 bits per heavy atom. The van der Waals surface area contributed by atoms with Gasteiger partial charge in [0.2, 0.25) is 5.88 Å². The van der Waals surface area contributed by atoms with E-state index in [1.807, 2.05) is 43.3 Å². The highest BCUT2D eigenvalue weighted by Gasteiger charge is 2.16. The highest BCUT2D eigenvalue weighted by atomic mass is 16.6. The molecule has 0 aliphatic rings. The van der Waals surface area contributed by atoms with Crippen LogP contribution in [0.2, 0.25) is 0 Å². The van der Waals surface area contributed by atoms with E-state index in [0.717, 1.165) is 11.3 Å². The van der Waals surface area contributed by atoms with Gasteiger partial charge in [0.1, 0.15) is 0 Å². The monoisotopic (exact) mass is 271 g/mol. The zero-order valence-electron chi connectivity index (χ0n) is 11.6. The average molecular weight is 271 g/mol. The number of aryl methyl sites for hydroxylation is 1. The molecule has 4 nitrogen and oxygen atoms in total. The molecule has 1 aromatic heterocycles. The number of carbonyl (C=O) groups is 1. The molecular weight excluding hydrogens is 254 g/mol. The number of rotatable bonds is 5. The van der Waals surface area contributed by atoms with Crippen LogP contribution in [0, 0.1) is 6.92 Å². The van der Waals surface area contributed by atoms with Gasteiger partial charge in [-0.25, -0.2) is 9.78 Å². The van der Waals surface area contributed by atoms with Crippen LogP contribution in [-0.2, 0) is 16.1 Å². The van der Waals surface area contributed by atoms with Crippen molar-refractivity contribution < 1.29 is 14.3 Å². The maximum atomic E-state index is 11.9. The lowest BCUT2D eigenvalue weighted by Crippen LogP contribution is -2.26. The van der Waals surface area contributed by atoms with Crippen molar-refractivity contribution in [1.29, 1.82) is 0 Å². The summed E-state index contributed by atoms with van der Waals surface area (Å²) in [5.41, 5.74) is 1.81. The van der Waals surface area contributed by atoms with Crippen LogP contribution in [-0.4, -0.2) is 17.1 Å². The maximum Gasteiger partial charge on any atom is 0.341 e. The van der Waals surface area contributed by atoms with Crippen LogP contribution in [0.25, 0.3) is 0 Å². The van der Waals surface area contributed by atoms with Gasteiger partial charge >= 0.3 is 5.97 Å². The fourth-order valence-electron chi connectivity index (χ4n) is 1.62. The Morgan fingerprint density at radius 1 is 1.15 bits per heavy atom. The van der Waals surface area contributed by atoms with Gasteiger partial charge in [-0.15, -0.1) is 0 Å². The second kappa shape index (κ2) is 6.82. The molecule has 0 radical (unpaired) electrons. The van der Waals surface area contributed by atoms with Crippen molar-refractivity contribution in [3.8, 4) is 5.88 Å². The van der Waals surface area contributed by atoms with Crippen LogP contribution in [0.1, 0.15) is 18.2 Å². The molecule has 1 aromatic carbocycles. The summed E-state index contributed by atoms with van der Waals surface area (Å²) in [5.74, 6) is -0.149. The first-order chi connectivity index (χ1) is 9.65. The number of esters is 1. The van der Waals surface area contributed by atoms with Gasteiger partial charge in [-0.3, -0.25) is 0 Å². The van der Waals surface area contributed by atoms with E-state index in [0.29, 0.717) is 12.5 Å². The Bertz CT molecular complexity index is 569. The summed E-state index contributed by atoms with van der Waals surface area (Å²) in [6, 6.07) is 15.0. The number of aromatic nitrogens is 1. The minimum Gasteiger partial charge on any atom is -0.406 e. The van der Waals surface area contributed by atoms with E-state index in [9.17, 15) is 4.79 Å². The largest absolute Gasteiger partial charge is 0.406 e. The van der Waals surface area contributed by atoms with Crippen LogP contribution in [0.15, 0.2) is 48.5 Å². The zero-order valence-corrected chi connectivity index (χ0v) is 11.6. The normalized spacial score (nSPS) is 11.9. The molecule has 0 amide bonds. The lowest BCUT2D eigenvalue weighted by atomic mass is 10.2. The number of nitrogens with zero attached hydrogens (tertiary/aromatic N) is 1. The van der Waals surface area contributed by atoms with Gasteiger partial charge in [0.25, 0.3) is 0 Å². The summed E-state index contributed by atoms with van der Waals surface area (Å²) in [6.07, 6.45) is -0.641. The molecule has 2 aromatic rings. The minimum atomic E-state index is -0.641. The Morgan fingerprint density at radius 2 is 1.90 bits per heavy atom. The molecule has 1 heterocycles. The summed E-state index contributed by atoms with van der Waals surface area (Å²) in [6.45, 7) is 3.88. The van der Waals surface area contributed by atoms with Crippen LogP contribution < -0.4 is 4.74 Å². The predicted octanol–water partition coefficient (Wildman–Crippen LogP) is 2.90. The molecule has 0 fully saturated rings. The molecule has 0 bridgehead atoms. The second-order valence-electron chi connectivity index (χ2n) is 4.48. The predicted molar refractivity (Wildman–Crippen MR) is 75.3 cm³/mol. The quantitative estimate of drug-likeness (QED) is 0.784. The van der Waals surface area contributed by atoms with Crippen molar-refractivity contribution in [2.45, 2.75) is 26.6 Å². The number of carbonyl (C=O) groups excluding carboxylic acids is 1. The van der Waals surface area contributed by atoms with Crippen LogP contribution in [0.3, 0.4) is 0 Å². The summed E-state index contributed by atoms with van der Waals surface area (Å²) < 4.78 is 10.7. The maximum absolute atomic E-state index is 11.9. The standard InChI is InChI=1S/C16H17NO3/c1-12-7-6-10-15(17-12)20-16(18)13(2)19-11-14-8-4-3-5-9-14/h3-10,13H,11H2,1-2H3/t13-/m1/s1. The third-order valence-corrected chi connectivity index (χ3v) is 2.74. The van der Waals surface area contributed by atoms with E-state index < -0.39 is 12.1 Å². The Hall–Kier alpha value is -2.20. The minimum absolute atomic E-state index is 0.296. The zero-order chi connectivity index (χ0) is 14.4. The first-order valence-electron chi connectivity index (χ1n) is 6.46. The highest BCUT2D eigenvalue weighted by Crippen LogP contribution is 2.10. The molecule has 0 saturated heterocycles. The molecule has 1 atom stereocenters. The number of ether oxygens (including phenoxy) is 2. The van der Waals surface area contributed by atoms with E-state index in [1.54, 1.807) is 19.1 Å². The van der Waals surface area contributed by atoms with Gasteiger partial charge in [-0.2, -0.15) is 0 Å².